The molecular formula is C28H26ClN3O3. The van der Waals surface area contributed by atoms with Gasteiger partial charge in [0.2, 0.25) is 5.91 Å². The maximum absolute atomic E-state index is 13.6. The quantitative estimate of drug-likeness (QED) is 0.409. The molecule has 6 nitrogen and oxygen atoms in total. The largest absolute Gasteiger partial charge is 0.497 e. The van der Waals surface area contributed by atoms with E-state index in [9.17, 15) is 9.59 Å². The molecule has 1 aliphatic rings. The van der Waals surface area contributed by atoms with Crippen molar-refractivity contribution in [2.45, 2.75) is 12.5 Å². The molecule has 7 heteroatoms. The predicted molar refractivity (Wildman–Crippen MR) is 137 cm³/mol. The summed E-state index contributed by atoms with van der Waals surface area (Å²) < 4.78 is 7.25. The standard InChI is InChI=1S/C28H26ClN3O3/c1-31-23-6-4-3-5-22(23)25-26(19-9-13-21(35-2)14-10-19)32(28(34)27(25)31)17-24(33)30-16-15-18-7-11-20(29)12-8-18/h3-14,26H,15-17H2,1-2H3,(H,30,33). The molecule has 0 saturated heterocycles. The zero-order valence-corrected chi connectivity index (χ0v) is 20.4. The van der Waals surface area contributed by atoms with Gasteiger partial charge in [-0.2, -0.15) is 0 Å². The molecule has 2 amide bonds. The molecule has 0 spiro atoms. The number of rotatable bonds is 7. The van der Waals surface area contributed by atoms with E-state index in [0.717, 1.165) is 33.3 Å². The Hall–Kier alpha value is -3.77. The monoisotopic (exact) mass is 487 g/mol. The van der Waals surface area contributed by atoms with Gasteiger partial charge in [-0.15, -0.1) is 0 Å². The van der Waals surface area contributed by atoms with E-state index >= 15 is 0 Å². The van der Waals surface area contributed by atoms with Crippen LogP contribution in [-0.2, 0) is 18.3 Å². The molecule has 2 heterocycles. The fourth-order valence-electron chi connectivity index (χ4n) is 4.87. The molecule has 0 fully saturated rings. The van der Waals surface area contributed by atoms with Gasteiger partial charge in [-0.25, -0.2) is 0 Å². The van der Waals surface area contributed by atoms with Crippen LogP contribution in [0.3, 0.4) is 0 Å². The summed E-state index contributed by atoms with van der Waals surface area (Å²) in [7, 11) is 3.53. The molecule has 0 bridgehead atoms. The highest BCUT2D eigenvalue weighted by atomic mass is 35.5. The van der Waals surface area contributed by atoms with Crippen molar-refractivity contribution >= 4 is 34.3 Å². The molecule has 1 unspecified atom stereocenters. The Morgan fingerprint density at radius 1 is 1.03 bits per heavy atom. The summed E-state index contributed by atoms with van der Waals surface area (Å²) in [5, 5.41) is 4.66. The van der Waals surface area contributed by atoms with E-state index in [1.165, 1.54) is 0 Å². The molecule has 0 aliphatic carbocycles. The van der Waals surface area contributed by atoms with Crippen molar-refractivity contribution in [3.63, 3.8) is 0 Å². The summed E-state index contributed by atoms with van der Waals surface area (Å²) in [4.78, 5) is 28.2. The fourth-order valence-corrected chi connectivity index (χ4v) is 5.00. The summed E-state index contributed by atoms with van der Waals surface area (Å²) >= 11 is 5.95. The summed E-state index contributed by atoms with van der Waals surface area (Å²) in [6.45, 7) is 0.449. The highest BCUT2D eigenvalue weighted by Gasteiger charge is 2.42. The van der Waals surface area contributed by atoms with Crippen LogP contribution in [0.25, 0.3) is 10.9 Å². The van der Waals surface area contributed by atoms with Crippen molar-refractivity contribution in [2.24, 2.45) is 7.05 Å². The fraction of sp³-hybridized carbons (Fsp3) is 0.214. The Kier molecular flexibility index (Phi) is 6.22. The van der Waals surface area contributed by atoms with E-state index < -0.39 is 0 Å². The number of benzene rings is 3. The number of aromatic nitrogens is 1. The normalized spacial score (nSPS) is 14.9. The van der Waals surface area contributed by atoms with Crippen LogP contribution in [0.4, 0.5) is 0 Å². The van der Waals surface area contributed by atoms with E-state index in [2.05, 4.69) is 5.32 Å². The van der Waals surface area contributed by atoms with E-state index in [1.807, 2.05) is 84.4 Å². The number of ether oxygens (including phenoxy) is 1. The highest BCUT2D eigenvalue weighted by Crippen LogP contribution is 2.43. The first-order valence-electron chi connectivity index (χ1n) is 11.5. The number of hydrogen-bond donors (Lipinski definition) is 1. The van der Waals surface area contributed by atoms with Gasteiger partial charge in [0.05, 0.1) is 13.2 Å². The number of para-hydroxylation sites is 1. The minimum atomic E-state index is -0.364. The molecule has 3 aromatic carbocycles. The zero-order chi connectivity index (χ0) is 24.5. The van der Waals surface area contributed by atoms with Crippen LogP contribution in [0.1, 0.15) is 33.2 Å². The van der Waals surface area contributed by atoms with E-state index in [4.69, 9.17) is 16.3 Å². The van der Waals surface area contributed by atoms with Gasteiger partial charge < -0.3 is 19.5 Å². The number of halogens is 1. The lowest BCUT2D eigenvalue weighted by atomic mass is 9.98. The molecular weight excluding hydrogens is 462 g/mol. The number of aryl methyl sites for hydroxylation is 1. The average Bonchev–Trinajstić information content (AvgIpc) is 3.32. The summed E-state index contributed by atoms with van der Waals surface area (Å²) in [5.41, 5.74) is 4.58. The second-order valence-corrected chi connectivity index (χ2v) is 9.11. The summed E-state index contributed by atoms with van der Waals surface area (Å²) in [6, 6.07) is 22.9. The van der Waals surface area contributed by atoms with Crippen LogP contribution < -0.4 is 10.1 Å². The third-order valence-electron chi connectivity index (χ3n) is 6.59. The minimum Gasteiger partial charge on any atom is -0.497 e. The second kappa shape index (κ2) is 9.47. The Bertz CT molecular complexity index is 1390. The number of nitrogens with one attached hydrogen (secondary N) is 1. The van der Waals surface area contributed by atoms with Crippen LogP contribution in [0.2, 0.25) is 5.02 Å². The number of fused-ring (bicyclic) bond motifs is 3. The van der Waals surface area contributed by atoms with E-state index in [-0.39, 0.29) is 24.4 Å². The summed E-state index contributed by atoms with van der Waals surface area (Å²) in [6.07, 6.45) is 0.684. The van der Waals surface area contributed by atoms with Crippen LogP contribution in [-0.4, -0.2) is 41.5 Å². The molecule has 35 heavy (non-hydrogen) atoms. The molecule has 4 aromatic rings. The Balaban J connectivity index is 1.42. The highest BCUT2D eigenvalue weighted by molar-refractivity contribution is 6.30. The average molecular weight is 488 g/mol. The molecule has 1 N–H and O–H groups in total. The molecule has 5 rings (SSSR count). The lowest BCUT2D eigenvalue weighted by Crippen LogP contribution is -2.40. The van der Waals surface area contributed by atoms with Gasteiger partial charge >= 0.3 is 0 Å². The Labute approximate surface area is 209 Å². The van der Waals surface area contributed by atoms with E-state index in [0.29, 0.717) is 23.7 Å². The first-order chi connectivity index (χ1) is 17.0. The number of carbonyl (C=O) groups is 2. The maximum atomic E-state index is 13.6. The number of nitrogens with zero attached hydrogens (tertiary/aromatic N) is 2. The third kappa shape index (κ3) is 4.26. The van der Waals surface area contributed by atoms with Crippen LogP contribution in [0.15, 0.2) is 72.8 Å². The SMILES string of the molecule is COc1ccc(C2c3c(n(C)c4ccccc34)C(=O)N2CC(=O)NCCc2ccc(Cl)cc2)cc1. The minimum absolute atomic E-state index is 0.0286. The number of methoxy groups -OCH3 is 1. The smallest absolute Gasteiger partial charge is 0.272 e. The lowest BCUT2D eigenvalue weighted by Gasteiger charge is -2.26. The topological polar surface area (TPSA) is 63.6 Å². The first-order valence-corrected chi connectivity index (χ1v) is 11.9. The number of hydrogen-bond acceptors (Lipinski definition) is 3. The van der Waals surface area contributed by atoms with Crippen molar-refractivity contribution in [1.29, 1.82) is 0 Å². The third-order valence-corrected chi connectivity index (χ3v) is 6.84. The van der Waals surface area contributed by atoms with Crippen molar-refractivity contribution in [1.82, 2.24) is 14.8 Å². The van der Waals surface area contributed by atoms with Crippen molar-refractivity contribution in [2.75, 3.05) is 20.2 Å². The second-order valence-electron chi connectivity index (χ2n) is 8.67. The molecule has 1 aromatic heterocycles. The number of carbonyl (C=O) groups excluding carboxylic acids is 2. The van der Waals surface area contributed by atoms with Gasteiger partial charge in [0.1, 0.15) is 18.0 Å². The van der Waals surface area contributed by atoms with Crippen molar-refractivity contribution in [3.05, 3.63) is 100 Å². The molecule has 0 saturated carbocycles. The van der Waals surface area contributed by atoms with Crippen LogP contribution >= 0.6 is 11.6 Å². The molecule has 178 valence electrons. The van der Waals surface area contributed by atoms with Crippen molar-refractivity contribution in [3.8, 4) is 5.75 Å². The maximum Gasteiger partial charge on any atom is 0.272 e. The molecule has 1 atom stereocenters. The lowest BCUT2D eigenvalue weighted by molar-refractivity contribution is -0.122. The first kappa shape index (κ1) is 23.0. The predicted octanol–water partition coefficient (Wildman–Crippen LogP) is 4.74. The molecule has 0 radical (unpaired) electrons. The van der Waals surface area contributed by atoms with Crippen LogP contribution in [0, 0.1) is 0 Å². The Morgan fingerprint density at radius 3 is 2.46 bits per heavy atom. The van der Waals surface area contributed by atoms with Gasteiger partial charge in [0.25, 0.3) is 5.91 Å². The van der Waals surface area contributed by atoms with Gasteiger partial charge in [-0.1, -0.05) is 54.1 Å². The zero-order valence-electron chi connectivity index (χ0n) is 19.6. The summed E-state index contributed by atoms with van der Waals surface area (Å²) in [5.74, 6) is 0.401. The van der Waals surface area contributed by atoms with Gasteiger partial charge in [0.15, 0.2) is 0 Å². The Morgan fingerprint density at radius 2 is 1.74 bits per heavy atom. The number of amides is 2. The van der Waals surface area contributed by atoms with Crippen molar-refractivity contribution < 1.29 is 14.3 Å². The molecule has 1 aliphatic heterocycles. The van der Waals surface area contributed by atoms with Gasteiger partial charge in [0, 0.05) is 35.1 Å². The van der Waals surface area contributed by atoms with Gasteiger partial charge in [-0.3, -0.25) is 9.59 Å². The van der Waals surface area contributed by atoms with Gasteiger partial charge in [-0.05, 0) is 47.9 Å². The van der Waals surface area contributed by atoms with E-state index in [1.54, 1.807) is 12.0 Å². The van der Waals surface area contributed by atoms with Crippen LogP contribution in [0.5, 0.6) is 5.75 Å².